The molecule has 2 aromatic carbocycles. The first-order valence-electron chi connectivity index (χ1n) is 5.32. The molecule has 2 rings (SSSR count). The Balaban J connectivity index is 2.44. The van der Waals surface area contributed by atoms with Crippen LogP contribution in [0.2, 0.25) is 0 Å². The van der Waals surface area contributed by atoms with Gasteiger partial charge in [0.2, 0.25) is 0 Å². The number of rotatable bonds is 2. The van der Waals surface area contributed by atoms with Gasteiger partial charge in [0.05, 0.1) is 11.6 Å². The van der Waals surface area contributed by atoms with Gasteiger partial charge in [0, 0.05) is 0 Å². The summed E-state index contributed by atoms with van der Waals surface area (Å²) in [5, 5.41) is 9.07. The van der Waals surface area contributed by atoms with Crippen molar-refractivity contribution in [3.05, 3.63) is 71.3 Å². The third-order valence-electron chi connectivity index (χ3n) is 2.42. The second-order valence-electron chi connectivity index (χ2n) is 3.74. The maximum Gasteiger partial charge on any atom is 0.123 e. The van der Waals surface area contributed by atoms with Gasteiger partial charge in [-0.3, -0.25) is 0 Å². The van der Waals surface area contributed by atoms with Crippen molar-refractivity contribution < 1.29 is 8.78 Å². The van der Waals surface area contributed by atoms with E-state index in [4.69, 9.17) is 5.26 Å². The van der Waals surface area contributed by atoms with Gasteiger partial charge in [-0.2, -0.15) is 5.26 Å². The molecule has 0 aliphatic carbocycles. The van der Waals surface area contributed by atoms with Crippen LogP contribution < -0.4 is 0 Å². The summed E-state index contributed by atoms with van der Waals surface area (Å²) < 4.78 is 26.1. The van der Waals surface area contributed by atoms with Gasteiger partial charge >= 0.3 is 0 Å². The van der Waals surface area contributed by atoms with E-state index in [2.05, 4.69) is 0 Å². The van der Waals surface area contributed by atoms with Crippen LogP contribution in [0.3, 0.4) is 0 Å². The lowest BCUT2D eigenvalue weighted by atomic mass is 10.0. The summed E-state index contributed by atoms with van der Waals surface area (Å²) in [6.45, 7) is 0. The lowest BCUT2D eigenvalue weighted by Gasteiger charge is -2.00. The van der Waals surface area contributed by atoms with Gasteiger partial charge in [0.25, 0.3) is 0 Å². The average Bonchev–Trinajstić information content (AvgIpc) is 2.36. The molecule has 2 aromatic rings. The van der Waals surface area contributed by atoms with Crippen LogP contribution in [0.25, 0.3) is 11.6 Å². The highest BCUT2D eigenvalue weighted by atomic mass is 19.1. The molecule has 0 N–H and O–H groups in total. The standard InChI is InChI=1S/C15H9F2N/c16-14-5-1-3-11(8-14)7-13(10-18)12-4-2-6-15(17)9-12/h1-9H/b13-7-. The maximum atomic E-state index is 13.1. The predicted molar refractivity (Wildman–Crippen MR) is 66.3 cm³/mol. The van der Waals surface area contributed by atoms with Crippen molar-refractivity contribution in [1.29, 1.82) is 5.26 Å². The van der Waals surface area contributed by atoms with E-state index in [1.165, 1.54) is 36.4 Å². The molecule has 0 unspecified atom stereocenters. The highest BCUT2D eigenvalue weighted by Gasteiger charge is 2.02. The molecule has 0 saturated carbocycles. The van der Waals surface area contributed by atoms with Gasteiger partial charge in [-0.25, -0.2) is 8.78 Å². The Kier molecular flexibility index (Phi) is 3.49. The monoisotopic (exact) mass is 241 g/mol. The van der Waals surface area contributed by atoms with Crippen LogP contribution in [0.15, 0.2) is 48.5 Å². The lowest BCUT2D eigenvalue weighted by molar-refractivity contribution is 0.627. The zero-order valence-corrected chi connectivity index (χ0v) is 9.40. The maximum absolute atomic E-state index is 13.1. The van der Waals surface area contributed by atoms with E-state index in [1.807, 2.05) is 6.07 Å². The van der Waals surface area contributed by atoms with E-state index in [0.29, 0.717) is 16.7 Å². The minimum absolute atomic E-state index is 0.292. The van der Waals surface area contributed by atoms with E-state index in [1.54, 1.807) is 18.2 Å². The van der Waals surface area contributed by atoms with Crippen LogP contribution in [0.5, 0.6) is 0 Å². The molecule has 0 bridgehead atoms. The summed E-state index contributed by atoms with van der Waals surface area (Å²) in [7, 11) is 0. The molecular weight excluding hydrogens is 232 g/mol. The van der Waals surface area contributed by atoms with Gasteiger partial charge < -0.3 is 0 Å². The molecule has 0 amide bonds. The summed E-state index contributed by atoms with van der Waals surface area (Å²) in [6, 6.07) is 13.6. The molecule has 18 heavy (non-hydrogen) atoms. The van der Waals surface area contributed by atoms with Gasteiger partial charge in [0.1, 0.15) is 11.6 Å². The molecule has 3 heteroatoms. The van der Waals surface area contributed by atoms with Crippen molar-refractivity contribution in [2.75, 3.05) is 0 Å². The second kappa shape index (κ2) is 5.24. The quantitative estimate of drug-likeness (QED) is 0.575. The van der Waals surface area contributed by atoms with Crippen LogP contribution in [0, 0.1) is 23.0 Å². The number of benzene rings is 2. The summed E-state index contributed by atoms with van der Waals surface area (Å²) in [5.74, 6) is -0.784. The van der Waals surface area contributed by atoms with Gasteiger partial charge in [-0.15, -0.1) is 0 Å². The Labute approximate surface area is 104 Å². The van der Waals surface area contributed by atoms with Crippen LogP contribution in [-0.4, -0.2) is 0 Å². The zero-order valence-electron chi connectivity index (χ0n) is 9.40. The molecule has 0 aromatic heterocycles. The average molecular weight is 241 g/mol. The number of nitriles is 1. The molecule has 0 radical (unpaired) electrons. The van der Waals surface area contributed by atoms with Crippen molar-refractivity contribution in [2.45, 2.75) is 0 Å². The topological polar surface area (TPSA) is 23.8 Å². The molecule has 0 aliphatic heterocycles. The highest BCUT2D eigenvalue weighted by molar-refractivity contribution is 5.89. The highest BCUT2D eigenvalue weighted by Crippen LogP contribution is 2.18. The van der Waals surface area contributed by atoms with Crippen LogP contribution in [0.4, 0.5) is 8.78 Å². The first-order valence-corrected chi connectivity index (χ1v) is 5.32. The largest absolute Gasteiger partial charge is 0.207 e. The van der Waals surface area contributed by atoms with E-state index in [-0.39, 0.29) is 5.82 Å². The Hall–Kier alpha value is -2.47. The molecular formula is C15H9F2N. The van der Waals surface area contributed by atoms with Gasteiger partial charge in [-0.05, 0) is 41.5 Å². The summed E-state index contributed by atoms with van der Waals surface area (Å²) in [5.41, 5.74) is 1.33. The first-order chi connectivity index (χ1) is 8.69. The Bertz CT molecular complexity index is 639. The number of hydrogen-bond acceptors (Lipinski definition) is 1. The van der Waals surface area contributed by atoms with Gasteiger partial charge in [-0.1, -0.05) is 24.3 Å². The molecule has 0 fully saturated rings. The Morgan fingerprint density at radius 3 is 2.28 bits per heavy atom. The minimum Gasteiger partial charge on any atom is -0.207 e. The third kappa shape index (κ3) is 2.80. The van der Waals surface area contributed by atoms with Crippen LogP contribution >= 0.6 is 0 Å². The number of nitrogens with zero attached hydrogens (tertiary/aromatic N) is 1. The molecule has 0 atom stereocenters. The van der Waals surface area contributed by atoms with Crippen LogP contribution in [-0.2, 0) is 0 Å². The molecule has 88 valence electrons. The fraction of sp³-hybridized carbons (Fsp3) is 0. The van der Waals surface area contributed by atoms with Crippen molar-refractivity contribution in [3.8, 4) is 6.07 Å². The normalized spacial score (nSPS) is 11.1. The molecule has 0 aliphatic rings. The number of allylic oxidation sites excluding steroid dienone is 1. The fourth-order valence-electron chi connectivity index (χ4n) is 1.60. The fourth-order valence-corrected chi connectivity index (χ4v) is 1.60. The lowest BCUT2D eigenvalue weighted by Crippen LogP contribution is -1.84. The van der Waals surface area contributed by atoms with Crippen molar-refractivity contribution in [1.82, 2.24) is 0 Å². The van der Waals surface area contributed by atoms with Crippen molar-refractivity contribution in [3.63, 3.8) is 0 Å². The van der Waals surface area contributed by atoms with Crippen LogP contribution in [0.1, 0.15) is 11.1 Å². The third-order valence-corrected chi connectivity index (χ3v) is 2.42. The Morgan fingerprint density at radius 1 is 1.00 bits per heavy atom. The van der Waals surface area contributed by atoms with Gasteiger partial charge in [0.15, 0.2) is 0 Å². The SMILES string of the molecule is N#C/C(=C/c1cccc(F)c1)c1cccc(F)c1. The summed E-state index contributed by atoms with van der Waals surface area (Å²) >= 11 is 0. The van der Waals surface area contributed by atoms with E-state index in [9.17, 15) is 8.78 Å². The van der Waals surface area contributed by atoms with E-state index < -0.39 is 5.82 Å². The molecule has 0 heterocycles. The molecule has 0 spiro atoms. The predicted octanol–water partition coefficient (Wildman–Crippen LogP) is 4.03. The zero-order chi connectivity index (χ0) is 13.0. The minimum atomic E-state index is -0.409. The first kappa shape index (κ1) is 12.0. The number of halogens is 2. The second-order valence-corrected chi connectivity index (χ2v) is 3.74. The van der Waals surface area contributed by atoms with E-state index >= 15 is 0 Å². The summed E-state index contributed by atoms with van der Waals surface area (Å²) in [6.07, 6.45) is 1.53. The molecule has 0 saturated heterocycles. The molecule has 1 nitrogen and oxygen atoms in total. The van der Waals surface area contributed by atoms with Crippen molar-refractivity contribution >= 4 is 11.6 Å². The van der Waals surface area contributed by atoms with E-state index in [0.717, 1.165) is 0 Å². The number of hydrogen-bond donors (Lipinski definition) is 0. The summed E-state index contributed by atoms with van der Waals surface area (Å²) in [4.78, 5) is 0. The van der Waals surface area contributed by atoms with Crippen molar-refractivity contribution in [2.24, 2.45) is 0 Å². The Morgan fingerprint density at radius 2 is 1.67 bits per heavy atom. The smallest absolute Gasteiger partial charge is 0.123 e.